The second-order valence-corrected chi connectivity index (χ2v) is 8.82. The van der Waals surface area contributed by atoms with Crippen molar-refractivity contribution < 1.29 is 33.7 Å². The van der Waals surface area contributed by atoms with Gasteiger partial charge in [0.2, 0.25) is 0 Å². The molecule has 2 fully saturated rings. The third kappa shape index (κ3) is 3.53. The van der Waals surface area contributed by atoms with Crippen LogP contribution in [0.15, 0.2) is 41.4 Å². The molecule has 1 unspecified atom stereocenters. The van der Waals surface area contributed by atoms with Crippen LogP contribution in [0.1, 0.15) is 32.3 Å². The molecule has 1 saturated carbocycles. The molecule has 0 radical (unpaired) electrons. The summed E-state index contributed by atoms with van der Waals surface area (Å²) in [6.45, 7) is 3.65. The van der Waals surface area contributed by atoms with Gasteiger partial charge in [-0.05, 0) is 32.8 Å². The van der Waals surface area contributed by atoms with Crippen molar-refractivity contribution >= 4 is 11.8 Å². The molecule has 1 aromatic carbocycles. The highest BCUT2D eigenvalue weighted by atomic mass is 19.1. The summed E-state index contributed by atoms with van der Waals surface area (Å²) in [5.74, 6) is -3.47. The summed E-state index contributed by atoms with van der Waals surface area (Å²) >= 11 is 0. The van der Waals surface area contributed by atoms with Crippen LogP contribution < -0.4 is 5.32 Å². The normalized spacial score (nSPS) is 27.5. The van der Waals surface area contributed by atoms with Crippen LogP contribution in [0.4, 0.5) is 8.78 Å². The zero-order valence-electron chi connectivity index (χ0n) is 17.7. The molecule has 0 bridgehead atoms. The predicted molar refractivity (Wildman–Crippen MR) is 109 cm³/mol. The van der Waals surface area contributed by atoms with Crippen molar-refractivity contribution in [1.82, 2.24) is 15.1 Å². The van der Waals surface area contributed by atoms with Gasteiger partial charge in [0.25, 0.3) is 11.8 Å². The third-order valence-electron chi connectivity index (χ3n) is 6.24. The van der Waals surface area contributed by atoms with E-state index in [1.807, 2.05) is 13.8 Å². The van der Waals surface area contributed by atoms with Crippen molar-refractivity contribution in [2.75, 3.05) is 6.54 Å². The average molecular weight is 449 g/mol. The summed E-state index contributed by atoms with van der Waals surface area (Å²) in [7, 11) is 0. The highest BCUT2D eigenvalue weighted by Crippen LogP contribution is 2.46. The first-order valence-corrected chi connectivity index (χ1v) is 10.4. The highest BCUT2D eigenvalue weighted by Gasteiger charge is 2.57. The Balaban J connectivity index is 1.58. The Morgan fingerprint density at radius 3 is 2.56 bits per heavy atom. The molecule has 1 aromatic rings. The number of amides is 2. The SMILES string of the molecule is CC(C)N1C(=O)C2=C(O)C(O)C(C(=O)NCc3ccc(F)cc3F)=CN2CC12CC(O)C2. The van der Waals surface area contributed by atoms with Gasteiger partial charge < -0.3 is 30.4 Å². The summed E-state index contributed by atoms with van der Waals surface area (Å²) < 4.78 is 26.9. The third-order valence-corrected chi connectivity index (χ3v) is 6.24. The number of hydrogen-bond acceptors (Lipinski definition) is 6. The number of halogens is 2. The number of nitrogens with one attached hydrogen (secondary N) is 1. The lowest BCUT2D eigenvalue weighted by Crippen LogP contribution is -2.71. The summed E-state index contributed by atoms with van der Waals surface area (Å²) in [6.07, 6.45) is -0.251. The number of carbonyl (C=O) groups is 2. The lowest BCUT2D eigenvalue weighted by atomic mass is 9.70. The van der Waals surface area contributed by atoms with E-state index in [1.165, 1.54) is 17.2 Å². The first kappa shape index (κ1) is 22.2. The zero-order chi connectivity index (χ0) is 23.4. The molecular formula is C22H25F2N3O5. The fraction of sp³-hybridized carbons (Fsp3) is 0.455. The molecule has 4 rings (SSSR count). The molecule has 32 heavy (non-hydrogen) atoms. The smallest absolute Gasteiger partial charge is 0.274 e. The Kier molecular flexibility index (Phi) is 5.46. The lowest BCUT2D eigenvalue weighted by Gasteiger charge is -2.59. The number of piperazine rings is 1. The molecule has 1 saturated heterocycles. The molecule has 1 atom stereocenters. The van der Waals surface area contributed by atoms with Crippen LogP contribution >= 0.6 is 0 Å². The molecule has 2 heterocycles. The first-order chi connectivity index (χ1) is 15.0. The largest absolute Gasteiger partial charge is 0.507 e. The molecular weight excluding hydrogens is 424 g/mol. The van der Waals surface area contributed by atoms with E-state index in [4.69, 9.17) is 0 Å². The van der Waals surface area contributed by atoms with Crippen molar-refractivity contribution in [3.8, 4) is 0 Å². The number of hydrogen-bond donors (Lipinski definition) is 4. The first-order valence-electron chi connectivity index (χ1n) is 10.4. The van der Waals surface area contributed by atoms with E-state index >= 15 is 0 Å². The standard InChI is InChI=1S/C22H25F2N3O5/c1-11(2)27-21(32)17-19(30)18(29)15(9-26(17)10-22(27)6-14(28)7-22)20(31)25-8-12-3-4-13(23)5-16(12)24/h3-5,9,11,14,18,28-30H,6-8,10H2,1-2H3,(H,25,31). The molecule has 4 N–H and O–H groups in total. The molecule has 0 aromatic heterocycles. The van der Waals surface area contributed by atoms with E-state index < -0.39 is 47.0 Å². The van der Waals surface area contributed by atoms with Gasteiger partial charge in [-0.25, -0.2) is 8.78 Å². The Bertz CT molecular complexity index is 1030. The summed E-state index contributed by atoms with van der Waals surface area (Å²) in [5.41, 5.74) is -0.922. The van der Waals surface area contributed by atoms with E-state index in [0.717, 1.165) is 6.07 Å². The second-order valence-electron chi connectivity index (χ2n) is 8.82. The van der Waals surface area contributed by atoms with Gasteiger partial charge in [-0.15, -0.1) is 0 Å². The number of rotatable bonds is 4. The van der Waals surface area contributed by atoms with Crippen LogP contribution in [0.2, 0.25) is 0 Å². The van der Waals surface area contributed by atoms with Gasteiger partial charge in [0.1, 0.15) is 23.4 Å². The summed E-state index contributed by atoms with van der Waals surface area (Å²) in [4.78, 5) is 28.9. The number of carbonyl (C=O) groups excluding carboxylic acids is 2. The van der Waals surface area contributed by atoms with Crippen molar-refractivity contribution in [3.05, 3.63) is 58.6 Å². The van der Waals surface area contributed by atoms with E-state index in [-0.39, 0.29) is 36.0 Å². The number of aliphatic hydroxyl groups is 3. The van der Waals surface area contributed by atoms with E-state index in [0.29, 0.717) is 18.9 Å². The maximum absolute atomic E-state index is 13.8. The van der Waals surface area contributed by atoms with E-state index in [1.54, 1.807) is 4.90 Å². The molecule has 2 amide bonds. The zero-order valence-corrected chi connectivity index (χ0v) is 17.7. The monoisotopic (exact) mass is 449 g/mol. The minimum atomic E-state index is -1.74. The van der Waals surface area contributed by atoms with E-state index in [2.05, 4.69) is 5.32 Å². The fourth-order valence-electron chi connectivity index (χ4n) is 4.86. The van der Waals surface area contributed by atoms with Gasteiger partial charge in [0.05, 0.1) is 17.2 Å². The molecule has 3 aliphatic rings. The molecule has 1 spiro atoms. The lowest BCUT2D eigenvalue weighted by molar-refractivity contribution is -0.160. The van der Waals surface area contributed by atoms with Crippen molar-refractivity contribution in [2.45, 2.75) is 57.0 Å². The summed E-state index contributed by atoms with van der Waals surface area (Å²) in [6, 6.07) is 2.76. The van der Waals surface area contributed by atoms with Crippen LogP contribution in [0.3, 0.4) is 0 Å². The number of aliphatic hydroxyl groups excluding tert-OH is 3. The second kappa shape index (κ2) is 7.86. The Hall–Kier alpha value is -2.98. The Morgan fingerprint density at radius 2 is 1.97 bits per heavy atom. The van der Waals surface area contributed by atoms with Crippen LogP contribution in [0.25, 0.3) is 0 Å². The predicted octanol–water partition coefficient (Wildman–Crippen LogP) is 1.06. The minimum absolute atomic E-state index is 0.0502. The van der Waals surface area contributed by atoms with Crippen LogP contribution in [0, 0.1) is 11.6 Å². The number of nitrogens with zero attached hydrogens (tertiary/aromatic N) is 2. The van der Waals surface area contributed by atoms with Gasteiger partial charge >= 0.3 is 0 Å². The van der Waals surface area contributed by atoms with Crippen molar-refractivity contribution in [1.29, 1.82) is 0 Å². The number of benzene rings is 1. The van der Waals surface area contributed by atoms with E-state index in [9.17, 15) is 33.7 Å². The Labute approximate surface area is 183 Å². The average Bonchev–Trinajstić information content (AvgIpc) is 2.68. The summed E-state index contributed by atoms with van der Waals surface area (Å²) in [5, 5.41) is 33.5. The van der Waals surface area contributed by atoms with Gasteiger partial charge in [-0.3, -0.25) is 9.59 Å². The molecule has 2 aliphatic heterocycles. The van der Waals surface area contributed by atoms with Gasteiger partial charge in [-0.2, -0.15) is 0 Å². The molecule has 8 nitrogen and oxygen atoms in total. The minimum Gasteiger partial charge on any atom is -0.507 e. The number of fused-ring (bicyclic) bond motifs is 1. The van der Waals surface area contributed by atoms with Crippen LogP contribution in [-0.4, -0.2) is 67.3 Å². The maximum Gasteiger partial charge on any atom is 0.274 e. The van der Waals surface area contributed by atoms with Gasteiger partial charge in [0.15, 0.2) is 5.76 Å². The van der Waals surface area contributed by atoms with Crippen molar-refractivity contribution in [3.63, 3.8) is 0 Å². The maximum atomic E-state index is 13.8. The fourth-order valence-corrected chi connectivity index (χ4v) is 4.86. The topological polar surface area (TPSA) is 113 Å². The highest BCUT2D eigenvalue weighted by molar-refractivity contribution is 5.99. The molecule has 10 heteroatoms. The van der Waals surface area contributed by atoms with Crippen LogP contribution in [0.5, 0.6) is 0 Å². The quantitative estimate of drug-likeness (QED) is 0.547. The van der Waals surface area contributed by atoms with Crippen molar-refractivity contribution in [2.24, 2.45) is 0 Å². The van der Waals surface area contributed by atoms with Crippen LogP contribution in [-0.2, 0) is 16.1 Å². The Morgan fingerprint density at radius 1 is 1.28 bits per heavy atom. The molecule has 1 aliphatic carbocycles. The van der Waals surface area contributed by atoms with Gasteiger partial charge in [-0.1, -0.05) is 6.07 Å². The van der Waals surface area contributed by atoms with Gasteiger partial charge in [0, 0.05) is 37.0 Å². The molecule has 172 valence electrons.